The van der Waals surface area contributed by atoms with E-state index in [-0.39, 0.29) is 5.91 Å². The monoisotopic (exact) mass is 289 g/mol. The summed E-state index contributed by atoms with van der Waals surface area (Å²) in [4.78, 5) is 16.0. The van der Waals surface area contributed by atoms with Gasteiger partial charge in [0.15, 0.2) is 0 Å². The lowest BCUT2D eigenvalue weighted by Gasteiger charge is -2.02. The molecule has 0 unspecified atom stereocenters. The van der Waals surface area contributed by atoms with Crippen LogP contribution in [0, 0.1) is 6.92 Å². The molecule has 0 aliphatic rings. The number of carbonyl (C=O) groups excluding carboxylic acids is 1. The fraction of sp³-hybridized carbons (Fsp3) is 0.0556. The summed E-state index contributed by atoms with van der Waals surface area (Å²) in [6.45, 7) is 1.88. The van der Waals surface area contributed by atoms with Crippen molar-refractivity contribution in [2.45, 2.75) is 6.92 Å². The molecule has 0 radical (unpaired) electrons. The standard InChI is InChI=1S/C18H15N3O/c1-13-9-10-16(11-19-13)18(22)21-20-12-15-7-4-6-14-5-2-3-8-17(14)15/h2-12H,1H3,(H,21,22)/b20-12+. The number of hydrazone groups is 1. The van der Waals surface area contributed by atoms with Crippen LogP contribution < -0.4 is 5.43 Å². The Balaban J connectivity index is 1.76. The molecule has 3 aromatic rings. The number of hydrogen-bond donors (Lipinski definition) is 1. The highest BCUT2D eigenvalue weighted by molar-refractivity contribution is 6.00. The second kappa shape index (κ2) is 6.18. The molecule has 1 aromatic heterocycles. The highest BCUT2D eigenvalue weighted by atomic mass is 16.2. The van der Waals surface area contributed by atoms with Crippen LogP contribution in [-0.2, 0) is 0 Å². The van der Waals surface area contributed by atoms with E-state index in [1.807, 2.05) is 49.4 Å². The van der Waals surface area contributed by atoms with E-state index in [9.17, 15) is 4.79 Å². The van der Waals surface area contributed by atoms with Crippen LogP contribution in [0.3, 0.4) is 0 Å². The molecular formula is C18H15N3O. The van der Waals surface area contributed by atoms with E-state index < -0.39 is 0 Å². The van der Waals surface area contributed by atoms with E-state index in [1.165, 1.54) is 6.20 Å². The van der Waals surface area contributed by atoms with Crippen molar-refractivity contribution in [2.24, 2.45) is 5.10 Å². The lowest BCUT2D eigenvalue weighted by molar-refractivity contribution is 0.0955. The number of nitrogens with zero attached hydrogens (tertiary/aromatic N) is 2. The topological polar surface area (TPSA) is 54.4 Å². The van der Waals surface area contributed by atoms with Crippen LogP contribution in [0.1, 0.15) is 21.6 Å². The van der Waals surface area contributed by atoms with Gasteiger partial charge in [-0.25, -0.2) is 5.43 Å². The van der Waals surface area contributed by atoms with Gasteiger partial charge in [0, 0.05) is 17.5 Å². The minimum atomic E-state index is -0.274. The average molecular weight is 289 g/mol. The molecule has 1 heterocycles. The fourth-order valence-electron chi connectivity index (χ4n) is 2.19. The van der Waals surface area contributed by atoms with Crippen LogP contribution >= 0.6 is 0 Å². The van der Waals surface area contributed by atoms with Gasteiger partial charge in [0.1, 0.15) is 0 Å². The van der Waals surface area contributed by atoms with Gasteiger partial charge in [-0.05, 0) is 29.8 Å². The third kappa shape index (κ3) is 3.01. The van der Waals surface area contributed by atoms with Gasteiger partial charge in [-0.2, -0.15) is 5.10 Å². The molecule has 3 rings (SSSR count). The highest BCUT2D eigenvalue weighted by Crippen LogP contribution is 2.16. The predicted molar refractivity (Wildman–Crippen MR) is 88.0 cm³/mol. The first kappa shape index (κ1) is 13.9. The van der Waals surface area contributed by atoms with E-state index in [2.05, 4.69) is 15.5 Å². The molecule has 0 saturated carbocycles. The zero-order valence-electron chi connectivity index (χ0n) is 12.2. The quantitative estimate of drug-likeness (QED) is 0.594. The lowest BCUT2D eigenvalue weighted by Crippen LogP contribution is -2.17. The molecule has 1 N–H and O–H groups in total. The van der Waals surface area contributed by atoms with Crippen molar-refractivity contribution in [3.8, 4) is 0 Å². The summed E-state index contributed by atoms with van der Waals surface area (Å²) in [7, 11) is 0. The Morgan fingerprint density at radius 2 is 1.91 bits per heavy atom. The second-order valence-electron chi connectivity index (χ2n) is 4.96. The number of aromatic nitrogens is 1. The first-order chi connectivity index (χ1) is 10.7. The number of nitrogens with one attached hydrogen (secondary N) is 1. The molecular weight excluding hydrogens is 274 g/mol. The molecule has 1 amide bonds. The molecule has 0 aliphatic carbocycles. The molecule has 0 saturated heterocycles. The summed E-state index contributed by atoms with van der Waals surface area (Å²) in [6.07, 6.45) is 3.19. The maximum Gasteiger partial charge on any atom is 0.272 e. The Bertz CT molecular complexity index is 833. The Labute approximate surface area is 128 Å². The Hall–Kier alpha value is -3.01. The normalized spacial score (nSPS) is 11.0. The smallest absolute Gasteiger partial charge is 0.267 e. The second-order valence-corrected chi connectivity index (χ2v) is 4.96. The van der Waals surface area contributed by atoms with E-state index in [1.54, 1.807) is 18.3 Å². The third-order valence-corrected chi connectivity index (χ3v) is 3.37. The van der Waals surface area contributed by atoms with Crippen molar-refractivity contribution >= 4 is 22.9 Å². The minimum Gasteiger partial charge on any atom is -0.267 e. The molecule has 4 heteroatoms. The number of pyridine rings is 1. The molecule has 2 aromatic carbocycles. The Kier molecular flexibility index (Phi) is 3.92. The van der Waals surface area contributed by atoms with Gasteiger partial charge in [0.25, 0.3) is 5.91 Å². The molecule has 0 spiro atoms. The van der Waals surface area contributed by atoms with Crippen LogP contribution in [-0.4, -0.2) is 17.1 Å². The van der Waals surface area contributed by atoms with Crippen LogP contribution in [0.25, 0.3) is 10.8 Å². The van der Waals surface area contributed by atoms with Gasteiger partial charge < -0.3 is 0 Å². The van der Waals surface area contributed by atoms with Gasteiger partial charge in [0.2, 0.25) is 0 Å². The minimum absolute atomic E-state index is 0.274. The van der Waals surface area contributed by atoms with Gasteiger partial charge in [-0.15, -0.1) is 0 Å². The lowest BCUT2D eigenvalue weighted by atomic mass is 10.1. The van der Waals surface area contributed by atoms with Crippen molar-refractivity contribution in [1.29, 1.82) is 0 Å². The highest BCUT2D eigenvalue weighted by Gasteiger charge is 2.03. The average Bonchev–Trinajstić information content (AvgIpc) is 2.55. The SMILES string of the molecule is Cc1ccc(C(=O)N/N=C/c2cccc3ccccc23)cn1. The number of benzene rings is 2. The predicted octanol–water partition coefficient (Wildman–Crippen LogP) is 3.31. The van der Waals surface area contributed by atoms with Crippen molar-refractivity contribution in [2.75, 3.05) is 0 Å². The van der Waals surface area contributed by atoms with Crippen molar-refractivity contribution in [3.05, 3.63) is 77.6 Å². The zero-order chi connectivity index (χ0) is 15.4. The zero-order valence-corrected chi connectivity index (χ0v) is 12.2. The maximum atomic E-state index is 11.9. The molecule has 0 fully saturated rings. The molecule has 108 valence electrons. The number of aryl methyl sites for hydroxylation is 1. The van der Waals surface area contributed by atoms with E-state index in [4.69, 9.17) is 0 Å². The van der Waals surface area contributed by atoms with E-state index in [0.29, 0.717) is 5.56 Å². The Morgan fingerprint density at radius 3 is 2.73 bits per heavy atom. The van der Waals surface area contributed by atoms with Crippen molar-refractivity contribution < 1.29 is 4.79 Å². The molecule has 4 nitrogen and oxygen atoms in total. The van der Waals surface area contributed by atoms with Crippen LogP contribution in [0.2, 0.25) is 0 Å². The summed E-state index contributed by atoms with van der Waals surface area (Å²) >= 11 is 0. The van der Waals surface area contributed by atoms with Crippen LogP contribution in [0.5, 0.6) is 0 Å². The summed E-state index contributed by atoms with van der Waals surface area (Å²) in [6, 6.07) is 17.6. The van der Waals surface area contributed by atoms with Gasteiger partial charge in [-0.1, -0.05) is 42.5 Å². The summed E-state index contributed by atoms with van der Waals surface area (Å²) < 4.78 is 0. The number of carbonyl (C=O) groups is 1. The largest absolute Gasteiger partial charge is 0.272 e. The summed E-state index contributed by atoms with van der Waals surface area (Å²) in [5, 5.41) is 6.27. The molecule has 22 heavy (non-hydrogen) atoms. The van der Waals surface area contributed by atoms with Crippen LogP contribution in [0.4, 0.5) is 0 Å². The van der Waals surface area contributed by atoms with Crippen LogP contribution in [0.15, 0.2) is 65.9 Å². The van der Waals surface area contributed by atoms with E-state index in [0.717, 1.165) is 22.0 Å². The van der Waals surface area contributed by atoms with Gasteiger partial charge >= 0.3 is 0 Å². The molecule has 0 bridgehead atoms. The number of hydrogen-bond acceptors (Lipinski definition) is 3. The maximum absolute atomic E-state index is 11.9. The Morgan fingerprint density at radius 1 is 1.09 bits per heavy atom. The number of fused-ring (bicyclic) bond motifs is 1. The fourth-order valence-corrected chi connectivity index (χ4v) is 2.19. The summed E-state index contributed by atoms with van der Waals surface area (Å²) in [5.74, 6) is -0.274. The molecule has 0 atom stereocenters. The van der Waals surface area contributed by atoms with Crippen molar-refractivity contribution in [1.82, 2.24) is 10.4 Å². The third-order valence-electron chi connectivity index (χ3n) is 3.37. The number of amides is 1. The first-order valence-electron chi connectivity index (χ1n) is 6.98. The van der Waals surface area contributed by atoms with Crippen molar-refractivity contribution in [3.63, 3.8) is 0 Å². The number of rotatable bonds is 3. The summed E-state index contributed by atoms with van der Waals surface area (Å²) in [5.41, 5.74) is 4.84. The van der Waals surface area contributed by atoms with Gasteiger partial charge in [0.05, 0.1) is 11.8 Å². The molecule has 0 aliphatic heterocycles. The van der Waals surface area contributed by atoms with Gasteiger partial charge in [-0.3, -0.25) is 9.78 Å². The van der Waals surface area contributed by atoms with E-state index >= 15 is 0 Å². The first-order valence-corrected chi connectivity index (χ1v) is 6.98.